The van der Waals surface area contributed by atoms with Crippen LogP contribution in [0, 0.1) is 10.8 Å². The number of nitrogens with one attached hydrogen (secondary N) is 2. The summed E-state index contributed by atoms with van der Waals surface area (Å²) in [6.07, 6.45) is 7.79. The van der Waals surface area contributed by atoms with Crippen molar-refractivity contribution >= 4 is 22.8 Å². The number of ether oxygens (including phenoxy) is 1. The van der Waals surface area contributed by atoms with Gasteiger partial charge in [-0.2, -0.15) is 5.10 Å². The van der Waals surface area contributed by atoms with Crippen LogP contribution in [0.5, 0.6) is 0 Å². The predicted octanol–water partition coefficient (Wildman–Crippen LogP) is 2.17. The van der Waals surface area contributed by atoms with Gasteiger partial charge in [0.1, 0.15) is 17.4 Å². The molecular formula is C18H24N6O2. The molecule has 0 aromatic carbocycles. The number of aromatic nitrogens is 4. The van der Waals surface area contributed by atoms with Gasteiger partial charge in [-0.25, -0.2) is 9.97 Å². The highest BCUT2D eigenvalue weighted by atomic mass is 16.5. The molecule has 0 atom stereocenters. The van der Waals surface area contributed by atoms with Gasteiger partial charge in [0, 0.05) is 12.0 Å². The molecule has 2 aromatic heterocycles. The van der Waals surface area contributed by atoms with E-state index in [4.69, 9.17) is 10.5 Å². The van der Waals surface area contributed by atoms with Gasteiger partial charge < -0.3 is 15.8 Å². The first-order valence-corrected chi connectivity index (χ1v) is 8.95. The molecule has 3 fully saturated rings. The average molecular weight is 356 g/mol. The lowest BCUT2D eigenvalue weighted by molar-refractivity contribution is -0.0138. The van der Waals surface area contributed by atoms with Crippen molar-refractivity contribution < 1.29 is 9.53 Å². The fourth-order valence-corrected chi connectivity index (χ4v) is 4.54. The maximum absolute atomic E-state index is 12.7. The molecule has 3 aliphatic rings. The molecular weight excluding hydrogens is 332 g/mol. The third-order valence-electron chi connectivity index (χ3n) is 6.46. The molecule has 1 amide bonds. The van der Waals surface area contributed by atoms with E-state index in [1.165, 1.54) is 6.33 Å². The topological polar surface area (TPSA) is 119 Å². The number of rotatable bonds is 5. The summed E-state index contributed by atoms with van der Waals surface area (Å²) in [6, 6.07) is 0. The number of H-pyrrole nitrogens is 1. The van der Waals surface area contributed by atoms with E-state index < -0.39 is 0 Å². The standard InChI is InChI=1S/C18H24N6O2/c1-11(26-2)18-6-3-17(4-7-18,5-8-18)9-20-16(25)14-12-13(21-10-22-14)15(19)24-23-12/h10H,1,3-9H2,2H3,(H,20,25)(H3,19,23,24). The summed E-state index contributed by atoms with van der Waals surface area (Å²) in [5, 5.41) is 9.72. The largest absolute Gasteiger partial charge is 0.501 e. The molecule has 2 heterocycles. The van der Waals surface area contributed by atoms with Crippen LogP contribution in [0.25, 0.3) is 11.0 Å². The van der Waals surface area contributed by atoms with Gasteiger partial charge in [0.05, 0.1) is 12.9 Å². The van der Waals surface area contributed by atoms with E-state index in [0.717, 1.165) is 44.3 Å². The van der Waals surface area contributed by atoms with Crippen LogP contribution in [0.4, 0.5) is 5.82 Å². The minimum Gasteiger partial charge on any atom is -0.501 e. The fourth-order valence-electron chi connectivity index (χ4n) is 4.54. The van der Waals surface area contributed by atoms with Gasteiger partial charge in [0.25, 0.3) is 5.91 Å². The second-order valence-electron chi connectivity index (χ2n) is 7.65. The zero-order valence-electron chi connectivity index (χ0n) is 15.0. The van der Waals surface area contributed by atoms with Crippen molar-refractivity contribution in [1.82, 2.24) is 25.5 Å². The van der Waals surface area contributed by atoms with E-state index in [2.05, 4.69) is 32.1 Å². The number of carbonyl (C=O) groups excluding carboxylic acids is 1. The molecule has 26 heavy (non-hydrogen) atoms. The second-order valence-corrected chi connectivity index (χ2v) is 7.65. The lowest BCUT2D eigenvalue weighted by Crippen LogP contribution is -2.48. The van der Waals surface area contributed by atoms with Crippen LogP contribution < -0.4 is 11.1 Å². The summed E-state index contributed by atoms with van der Waals surface area (Å²) in [6.45, 7) is 4.76. The lowest BCUT2D eigenvalue weighted by atomic mass is 9.53. The number of fused-ring (bicyclic) bond motifs is 4. The van der Waals surface area contributed by atoms with E-state index >= 15 is 0 Å². The first-order chi connectivity index (χ1) is 12.5. The zero-order valence-corrected chi connectivity index (χ0v) is 15.0. The Morgan fingerprint density at radius 2 is 2.00 bits per heavy atom. The highest BCUT2D eigenvalue weighted by Crippen LogP contribution is 2.59. The Morgan fingerprint density at radius 1 is 1.31 bits per heavy atom. The van der Waals surface area contributed by atoms with Crippen molar-refractivity contribution in [2.75, 3.05) is 19.4 Å². The fraction of sp³-hybridized carbons (Fsp3) is 0.556. The van der Waals surface area contributed by atoms with Crippen molar-refractivity contribution in [1.29, 1.82) is 0 Å². The first kappa shape index (κ1) is 16.8. The van der Waals surface area contributed by atoms with Gasteiger partial charge in [-0.3, -0.25) is 9.89 Å². The minimum atomic E-state index is -0.223. The smallest absolute Gasteiger partial charge is 0.272 e. The molecule has 138 valence electrons. The van der Waals surface area contributed by atoms with Crippen LogP contribution in [-0.4, -0.2) is 39.7 Å². The van der Waals surface area contributed by atoms with Crippen LogP contribution in [0.2, 0.25) is 0 Å². The number of anilines is 1. The molecule has 0 saturated heterocycles. The monoisotopic (exact) mass is 356 g/mol. The molecule has 8 heteroatoms. The summed E-state index contributed by atoms with van der Waals surface area (Å²) >= 11 is 0. The van der Waals surface area contributed by atoms with Gasteiger partial charge in [-0.1, -0.05) is 6.58 Å². The Balaban J connectivity index is 1.45. The van der Waals surface area contributed by atoms with Crippen LogP contribution in [0.1, 0.15) is 49.0 Å². The number of hydrogen-bond donors (Lipinski definition) is 3. The highest BCUT2D eigenvalue weighted by Gasteiger charge is 2.50. The number of aromatic amines is 1. The average Bonchev–Trinajstić information content (AvgIpc) is 3.08. The summed E-state index contributed by atoms with van der Waals surface area (Å²) in [4.78, 5) is 20.9. The summed E-state index contributed by atoms with van der Waals surface area (Å²) in [7, 11) is 1.71. The highest BCUT2D eigenvalue weighted by molar-refractivity contribution is 6.04. The van der Waals surface area contributed by atoms with E-state index in [1.807, 2.05) is 0 Å². The molecule has 0 radical (unpaired) electrons. The van der Waals surface area contributed by atoms with Crippen molar-refractivity contribution in [2.24, 2.45) is 10.8 Å². The molecule has 0 spiro atoms. The van der Waals surface area contributed by atoms with Gasteiger partial charge in [0.15, 0.2) is 11.5 Å². The number of allylic oxidation sites excluding steroid dienone is 1. The Morgan fingerprint density at radius 3 is 2.65 bits per heavy atom. The molecule has 0 unspecified atom stereocenters. The third kappa shape index (κ3) is 2.51. The van der Waals surface area contributed by atoms with Crippen molar-refractivity contribution in [3.8, 4) is 0 Å². The number of nitrogen functional groups attached to an aromatic ring is 1. The maximum Gasteiger partial charge on any atom is 0.272 e. The van der Waals surface area contributed by atoms with Gasteiger partial charge >= 0.3 is 0 Å². The summed E-state index contributed by atoms with van der Waals surface area (Å²) in [5.41, 5.74) is 7.27. The van der Waals surface area contributed by atoms with E-state index in [0.29, 0.717) is 17.6 Å². The molecule has 0 aliphatic heterocycles. The van der Waals surface area contributed by atoms with Crippen molar-refractivity contribution in [3.63, 3.8) is 0 Å². The number of carbonyl (C=O) groups is 1. The van der Waals surface area contributed by atoms with Crippen molar-refractivity contribution in [2.45, 2.75) is 38.5 Å². The quantitative estimate of drug-likeness (QED) is 0.707. The number of amides is 1. The number of nitrogens with zero attached hydrogens (tertiary/aromatic N) is 3. The Hall–Kier alpha value is -2.64. The number of nitrogens with two attached hydrogens (primary N) is 1. The van der Waals surface area contributed by atoms with Crippen LogP contribution in [-0.2, 0) is 4.74 Å². The summed E-state index contributed by atoms with van der Waals surface area (Å²) in [5.74, 6) is 0.957. The number of hydrogen-bond acceptors (Lipinski definition) is 6. The predicted molar refractivity (Wildman–Crippen MR) is 97.1 cm³/mol. The minimum absolute atomic E-state index is 0.132. The second kappa shape index (κ2) is 5.96. The molecule has 2 aromatic rings. The third-order valence-corrected chi connectivity index (χ3v) is 6.46. The zero-order chi connectivity index (χ0) is 18.4. The Bertz CT molecular complexity index is 849. The molecule has 4 N–H and O–H groups in total. The first-order valence-electron chi connectivity index (χ1n) is 8.95. The van der Waals surface area contributed by atoms with Crippen LogP contribution >= 0.6 is 0 Å². The van der Waals surface area contributed by atoms with E-state index in [9.17, 15) is 4.79 Å². The Kier molecular flexibility index (Phi) is 3.86. The molecule has 3 saturated carbocycles. The lowest BCUT2D eigenvalue weighted by Gasteiger charge is -2.53. The maximum atomic E-state index is 12.7. The molecule has 5 rings (SSSR count). The van der Waals surface area contributed by atoms with Crippen LogP contribution in [0.3, 0.4) is 0 Å². The van der Waals surface area contributed by atoms with Gasteiger partial charge in [-0.15, -0.1) is 0 Å². The van der Waals surface area contributed by atoms with Crippen LogP contribution in [0.15, 0.2) is 18.7 Å². The Labute approximate surface area is 151 Å². The molecule has 3 aliphatic carbocycles. The SMILES string of the molecule is C=C(OC)C12CCC(CNC(=O)c3ncnc4c(N)n[nH]c34)(CC1)CC2. The summed E-state index contributed by atoms with van der Waals surface area (Å²) < 4.78 is 5.44. The van der Waals surface area contributed by atoms with E-state index in [-0.39, 0.29) is 28.2 Å². The number of methoxy groups -OCH3 is 1. The van der Waals surface area contributed by atoms with E-state index in [1.54, 1.807) is 7.11 Å². The molecule has 2 bridgehead atoms. The molecule has 8 nitrogen and oxygen atoms in total. The van der Waals surface area contributed by atoms with Crippen molar-refractivity contribution in [3.05, 3.63) is 24.4 Å². The normalized spacial score (nSPS) is 27.4. The van der Waals surface area contributed by atoms with Gasteiger partial charge in [-0.05, 0) is 43.9 Å². The van der Waals surface area contributed by atoms with Gasteiger partial charge in [0.2, 0.25) is 0 Å².